The lowest BCUT2D eigenvalue weighted by molar-refractivity contribution is -0.138. The van der Waals surface area contributed by atoms with Gasteiger partial charge in [-0.05, 0) is 45.9 Å². The minimum absolute atomic E-state index is 0.349. The van der Waals surface area contributed by atoms with Crippen molar-refractivity contribution in [3.05, 3.63) is 0 Å². The molecule has 1 heterocycles. The predicted octanol–water partition coefficient (Wildman–Crippen LogP) is 0.735. The molecule has 0 aromatic rings. The number of carboxylic acid groups (broad SMARTS) is 1. The van der Waals surface area contributed by atoms with Crippen LogP contribution in [-0.4, -0.2) is 61.2 Å². The Morgan fingerprint density at radius 1 is 1.40 bits per heavy atom. The Labute approximate surface area is 91.9 Å². The Bertz CT molecular complexity index is 199. The van der Waals surface area contributed by atoms with Crippen LogP contribution in [0.1, 0.15) is 19.3 Å². The van der Waals surface area contributed by atoms with E-state index in [2.05, 4.69) is 23.9 Å². The quantitative estimate of drug-likeness (QED) is 0.733. The van der Waals surface area contributed by atoms with Gasteiger partial charge in [-0.2, -0.15) is 0 Å². The van der Waals surface area contributed by atoms with Gasteiger partial charge in [-0.15, -0.1) is 0 Å². The summed E-state index contributed by atoms with van der Waals surface area (Å²) in [6, 6.07) is 0. The Kier molecular flexibility index (Phi) is 5.05. The second-order valence-electron chi connectivity index (χ2n) is 4.69. The van der Waals surface area contributed by atoms with Crippen molar-refractivity contribution < 1.29 is 9.90 Å². The average molecular weight is 214 g/mol. The average Bonchev–Trinajstić information content (AvgIpc) is 2.16. The second kappa shape index (κ2) is 6.08. The molecule has 0 spiro atoms. The number of nitrogens with zero attached hydrogens (tertiary/aromatic N) is 2. The Hall–Kier alpha value is -0.610. The Balaban J connectivity index is 2.15. The van der Waals surface area contributed by atoms with Crippen LogP contribution in [-0.2, 0) is 4.79 Å². The summed E-state index contributed by atoms with van der Waals surface area (Å²) in [7, 11) is 4.16. The lowest BCUT2D eigenvalue weighted by Crippen LogP contribution is -2.38. The van der Waals surface area contributed by atoms with E-state index in [4.69, 9.17) is 5.11 Å². The molecule has 0 unspecified atom stereocenters. The number of aliphatic carboxylic acids is 1. The molecule has 4 heteroatoms. The largest absolute Gasteiger partial charge is 0.481 e. The van der Waals surface area contributed by atoms with Gasteiger partial charge in [0.2, 0.25) is 0 Å². The molecule has 1 N–H and O–H groups in total. The highest BCUT2D eigenvalue weighted by Gasteiger charge is 2.20. The van der Waals surface area contributed by atoms with Gasteiger partial charge in [0.05, 0.1) is 0 Å². The Morgan fingerprint density at radius 3 is 2.47 bits per heavy atom. The van der Waals surface area contributed by atoms with Gasteiger partial charge in [0.25, 0.3) is 0 Å². The molecule has 0 aromatic carbocycles. The lowest BCUT2D eigenvalue weighted by Gasteiger charge is -2.31. The third kappa shape index (κ3) is 5.14. The summed E-state index contributed by atoms with van der Waals surface area (Å²) in [5.74, 6) is -0.250. The van der Waals surface area contributed by atoms with Crippen molar-refractivity contribution in [1.29, 1.82) is 0 Å². The van der Waals surface area contributed by atoms with E-state index in [9.17, 15) is 4.79 Å². The van der Waals surface area contributed by atoms with Crippen LogP contribution in [0, 0.1) is 5.92 Å². The van der Waals surface area contributed by atoms with E-state index >= 15 is 0 Å². The number of hydrogen-bond donors (Lipinski definition) is 1. The van der Waals surface area contributed by atoms with Gasteiger partial charge < -0.3 is 14.9 Å². The SMILES string of the molecule is CN(C)CCN1CCC(CC(=O)O)CC1. The fraction of sp³-hybridized carbons (Fsp3) is 0.909. The zero-order chi connectivity index (χ0) is 11.3. The molecule has 1 rings (SSSR count). The molecule has 0 atom stereocenters. The first kappa shape index (κ1) is 12.5. The van der Waals surface area contributed by atoms with Crippen LogP contribution in [0.4, 0.5) is 0 Å². The maximum atomic E-state index is 10.5. The summed E-state index contributed by atoms with van der Waals surface area (Å²) in [4.78, 5) is 15.2. The molecule has 0 aromatic heterocycles. The first-order valence-electron chi connectivity index (χ1n) is 5.67. The lowest BCUT2D eigenvalue weighted by atomic mass is 9.94. The third-order valence-electron chi connectivity index (χ3n) is 3.03. The minimum Gasteiger partial charge on any atom is -0.481 e. The number of likely N-dealkylation sites (N-methyl/N-ethyl adjacent to an activating group) is 1. The van der Waals surface area contributed by atoms with Gasteiger partial charge in [0, 0.05) is 19.5 Å². The number of carbonyl (C=O) groups is 1. The van der Waals surface area contributed by atoms with E-state index in [1.54, 1.807) is 0 Å². The maximum Gasteiger partial charge on any atom is 0.303 e. The van der Waals surface area contributed by atoms with Gasteiger partial charge in [0.1, 0.15) is 0 Å². The van der Waals surface area contributed by atoms with Gasteiger partial charge >= 0.3 is 5.97 Å². The van der Waals surface area contributed by atoms with Crippen molar-refractivity contribution in [3.8, 4) is 0 Å². The molecule has 88 valence electrons. The molecular weight excluding hydrogens is 192 g/mol. The molecule has 1 aliphatic heterocycles. The number of likely N-dealkylation sites (tertiary alicyclic amines) is 1. The highest BCUT2D eigenvalue weighted by Crippen LogP contribution is 2.19. The number of rotatable bonds is 5. The Morgan fingerprint density at radius 2 is 2.00 bits per heavy atom. The first-order chi connectivity index (χ1) is 7.08. The standard InChI is InChI=1S/C11H22N2O2/c1-12(2)7-8-13-5-3-10(4-6-13)9-11(14)15/h10H,3-9H2,1-2H3,(H,14,15). The highest BCUT2D eigenvalue weighted by molar-refractivity contribution is 5.67. The van der Waals surface area contributed by atoms with E-state index in [0.29, 0.717) is 12.3 Å². The minimum atomic E-state index is -0.651. The van der Waals surface area contributed by atoms with Gasteiger partial charge in [-0.3, -0.25) is 4.79 Å². The van der Waals surface area contributed by atoms with Crippen molar-refractivity contribution >= 4 is 5.97 Å². The zero-order valence-electron chi connectivity index (χ0n) is 9.78. The van der Waals surface area contributed by atoms with Crippen LogP contribution in [0.3, 0.4) is 0 Å². The molecule has 0 radical (unpaired) electrons. The van der Waals surface area contributed by atoms with Crippen molar-refractivity contribution in [3.63, 3.8) is 0 Å². The van der Waals surface area contributed by atoms with E-state index in [0.717, 1.165) is 39.0 Å². The molecule has 4 nitrogen and oxygen atoms in total. The van der Waals surface area contributed by atoms with Crippen molar-refractivity contribution in [2.45, 2.75) is 19.3 Å². The number of hydrogen-bond acceptors (Lipinski definition) is 3. The van der Waals surface area contributed by atoms with Crippen LogP contribution in [0.5, 0.6) is 0 Å². The van der Waals surface area contributed by atoms with Crippen molar-refractivity contribution in [2.75, 3.05) is 40.3 Å². The smallest absolute Gasteiger partial charge is 0.303 e. The summed E-state index contributed by atoms with van der Waals surface area (Å²) in [6.07, 6.45) is 2.43. The molecular formula is C11H22N2O2. The summed E-state index contributed by atoms with van der Waals surface area (Å²) in [5.41, 5.74) is 0. The maximum absolute atomic E-state index is 10.5. The number of piperidine rings is 1. The van der Waals surface area contributed by atoms with Crippen LogP contribution in [0.2, 0.25) is 0 Å². The van der Waals surface area contributed by atoms with Crippen LogP contribution >= 0.6 is 0 Å². The van der Waals surface area contributed by atoms with Crippen LogP contribution < -0.4 is 0 Å². The van der Waals surface area contributed by atoms with E-state index in [-0.39, 0.29) is 0 Å². The first-order valence-corrected chi connectivity index (χ1v) is 5.67. The zero-order valence-corrected chi connectivity index (χ0v) is 9.78. The molecule has 1 aliphatic rings. The van der Waals surface area contributed by atoms with E-state index in [1.165, 1.54) is 0 Å². The topological polar surface area (TPSA) is 43.8 Å². The molecule has 15 heavy (non-hydrogen) atoms. The van der Waals surface area contributed by atoms with Crippen molar-refractivity contribution in [1.82, 2.24) is 9.80 Å². The summed E-state index contributed by atoms with van der Waals surface area (Å²) < 4.78 is 0. The predicted molar refractivity (Wildman–Crippen MR) is 60.0 cm³/mol. The molecule has 1 fully saturated rings. The van der Waals surface area contributed by atoms with Gasteiger partial charge in [-0.1, -0.05) is 0 Å². The fourth-order valence-corrected chi connectivity index (χ4v) is 2.00. The molecule has 0 saturated carbocycles. The van der Waals surface area contributed by atoms with Crippen LogP contribution in [0.25, 0.3) is 0 Å². The molecule has 0 bridgehead atoms. The van der Waals surface area contributed by atoms with E-state index in [1.807, 2.05) is 0 Å². The summed E-state index contributed by atoms with van der Waals surface area (Å²) in [6.45, 7) is 4.31. The monoisotopic (exact) mass is 214 g/mol. The summed E-state index contributed by atoms with van der Waals surface area (Å²) >= 11 is 0. The number of carboxylic acids is 1. The van der Waals surface area contributed by atoms with Crippen LogP contribution in [0.15, 0.2) is 0 Å². The summed E-state index contributed by atoms with van der Waals surface area (Å²) in [5, 5.41) is 8.69. The van der Waals surface area contributed by atoms with E-state index < -0.39 is 5.97 Å². The third-order valence-corrected chi connectivity index (χ3v) is 3.03. The fourth-order valence-electron chi connectivity index (χ4n) is 2.00. The molecule has 0 aliphatic carbocycles. The van der Waals surface area contributed by atoms with Gasteiger partial charge in [0.15, 0.2) is 0 Å². The molecule has 0 amide bonds. The normalized spacial score (nSPS) is 19.7. The highest BCUT2D eigenvalue weighted by atomic mass is 16.4. The second-order valence-corrected chi connectivity index (χ2v) is 4.69. The van der Waals surface area contributed by atoms with Crippen molar-refractivity contribution in [2.24, 2.45) is 5.92 Å². The van der Waals surface area contributed by atoms with Gasteiger partial charge in [-0.25, -0.2) is 0 Å². The molecule has 1 saturated heterocycles.